The van der Waals surface area contributed by atoms with Crippen LogP contribution in [0.3, 0.4) is 0 Å². The molecule has 0 saturated carbocycles. The highest BCUT2D eigenvalue weighted by atomic mass is 79.9. The molecule has 1 unspecified atom stereocenters. The van der Waals surface area contributed by atoms with Gasteiger partial charge in [-0.25, -0.2) is 0 Å². The molecule has 1 fully saturated rings. The van der Waals surface area contributed by atoms with Gasteiger partial charge in [0.2, 0.25) is 0 Å². The van der Waals surface area contributed by atoms with E-state index in [1.807, 2.05) is 0 Å². The van der Waals surface area contributed by atoms with Crippen molar-refractivity contribution in [2.75, 3.05) is 25.6 Å². The van der Waals surface area contributed by atoms with Gasteiger partial charge in [0, 0.05) is 18.2 Å². The third-order valence-electron chi connectivity index (χ3n) is 4.29. The molecule has 0 aromatic heterocycles. The van der Waals surface area contributed by atoms with E-state index in [4.69, 9.17) is 14.2 Å². The molecule has 0 spiro atoms. The summed E-state index contributed by atoms with van der Waals surface area (Å²) < 4.78 is 17.1. The summed E-state index contributed by atoms with van der Waals surface area (Å²) in [4.78, 5) is 22.9. The summed E-state index contributed by atoms with van der Waals surface area (Å²) in [6.45, 7) is 1.23. The van der Waals surface area contributed by atoms with E-state index in [0.29, 0.717) is 28.1 Å². The van der Waals surface area contributed by atoms with Crippen molar-refractivity contribution in [2.24, 2.45) is 0 Å². The summed E-state index contributed by atoms with van der Waals surface area (Å²) in [6.07, 6.45) is 2.12. The molecule has 1 atom stereocenters. The van der Waals surface area contributed by atoms with Crippen LogP contribution in [0.15, 0.2) is 40.9 Å². The van der Waals surface area contributed by atoms with E-state index in [0.717, 1.165) is 19.4 Å². The summed E-state index contributed by atoms with van der Waals surface area (Å²) in [5, 5.41) is 13.6. The molecular weight excluding hydrogens is 432 g/mol. The van der Waals surface area contributed by atoms with Gasteiger partial charge >= 0.3 is 0 Å². The van der Waals surface area contributed by atoms with Crippen molar-refractivity contribution in [3.8, 4) is 11.5 Å². The van der Waals surface area contributed by atoms with E-state index in [2.05, 4.69) is 21.2 Å². The SMILES string of the molecule is COc1cc([N+](=O)[O-])ccc1NC(=O)c1ccc(OCC2CCCO2)c(Br)c1. The fraction of sp³-hybridized carbons (Fsp3) is 0.316. The van der Waals surface area contributed by atoms with Crippen LogP contribution >= 0.6 is 15.9 Å². The first-order valence-corrected chi connectivity index (χ1v) is 9.45. The Bertz CT molecular complexity index is 883. The van der Waals surface area contributed by atoms with Gasteiger partial charge in [0.15, 0.2) is 0 Å². The van der Waals surface area contributed by atoms with E-state index >= 15 is 0 Å². The van der Waals surface area contributed by atoms with Crippen molar-refractivity contribution < 1.29 is 23.9 Å². The maximum atomic E-state index is 12.5. The van der Waals surface area contributed by atoms with Crippen LogP contribution < -0.4 is 14.8 Å². The lowest BCUT2D eigenvalue weighted by Gasteiger charge is -2.14. The summed E-state index contributed by atoms with van der Waals surface area (Å²) in [6, 6.07) is 8.99. The Hall–Kier alpha value is -2.65. The number of hydrogen-bond acceptors (Lipinski definition) is 6. The summed E-state index contributed by atoms with van der Waals surface area (Å²) in [5.41, 5.74) is 0.620. The molecule has 28 heavy (non-hydrogen) atoms. The second kappa shape index (κ2) is 9.03. The third-order valence-corrected chi connectivity index (χ3v) is 4.91. The van der Waals surface area contributed by atoms with Crippen molar-refractivity contribution >= 4 is 33.2 Å². The maximum absolute atomic E-state index is 12.5. The molecule has 0 bridgehead atoms. The molecule has 1 N–H and O–H groups in total. The quantitative estimate of drug-likeness (QED) is 0.501. The van der Waals surface area contributed by atoms with Crippen molar-refractivity contribution in [3.63, 3.8) is 0 Å². The molecule has 2 aromatic carbocycles. The summed E-state index contributed by atoms with van der Waals surface area (Å²) in [7, 11) is 1.38. The van der Waals surface area contributed by atoms with Crippen molar-refractivity contribution in [3.05, 3.63) is 56.5 Å². The fourth-order valence-electron chi connectivity index (χ4n) is 2.81. The number of nitro benzene ring substituents is 1. The Morgan fingerprint density at radius 1 is 1.32 bits per heavy atom. The standard InChI is InChI=1S/C19H19BrN2O6/c1-26-18-10-13(22(24)25)5-6-16(18)21-19(23)12-4-7-17(15(20)9-12)28-11-14-3-2-8-27-14/h4-7,9-10,14H,2-3,8,11H2,1H3,(H,21,23). The first-order chi connectivity index (χ1) is 13.5. The number of nitro groups is 1. The zero-order chi connectivity index (χ0) is 20.1. The van der Waals surface area contributed by atoms with Crippen LogP contribution in [0.2, 0.25) is 0 Å². The van der Waals surface area contributed by atoms with Gasteiger partial charge in [-0.2, -0.15) is 0 Å². The number of carbonyl (C=O) groups is 1. The number of ether oxygens (including phenoxy) is 3. The lowest BCUT2D eigenvalue weighted by atomic mass is 10.2. The maximum Gasteiger partial charge on any atom is 0.273 e. The normalized spacial score (nSPS) is 15.9. The van der Waals surface area contributed by atoms with Crippen LogP contribution in [0.1, 0.15) is 23.2 Å². The molecular formula is C19H19BrN2O6. The number of rotatable bonds is 7. The van der Waals surface area contributed by atoms with Crippen molar-refractivity contribution in [2.45, 2.75) is 18.9 Å². The molecule has 9 heteroatoms. The first-order valence-electron chi connectivity index (χ1n) is 8.65. The molecule has 8 nitrogen and oxygen atoms in total. The number of amides is 1. The Balaban J connectivity index is 1.68. The number of benzene rings is 2. The average Bonchev–Trinajstić information content (AvgIpc) is 3.20. The van der Waals surface area contributed by atoms with Crippen molar-refractivity contribution in [1.29, 1.82) is 0 Å². The number of halogens is 1. The second-order valence-corrected chi connectivity index (χ2v) is 7.04. The zero-order valence-electron chi connectivity index (χ0n) is 15.1. The Labute approximate surface area is 170 Å². The van der Waals surface area contributed by atoms with Crippen molar-refractivity contribution in [1.82, 2.24) is 0 Å². The second-order valence-electron chi connectivity index (χ2n) is 6.19. The first kappa shape index (κ1) is 20.1. The molecule has 1 aliphatic heterocycles. The minimum Gasteiger partial charge on any atom is -0.494 e. The Morgan fingerprint density at radius 2 is 2.14 bits per heavy atom. The van der Waals surface area contributed by atoms with Crippen LogP contribution in [0.4, 0.5) is 11.4 Å². The van der Waals surface area contributed by atoms with Gasteiger partial charge < -0.3 is 19.5 Å². The molecule has 1 heterocycles. The van der Waals surface area contributed by atoms with Gasteiger partial charge in [0.25, 0.3) is 11.6 Å². The predicted molar refractivity (Wildman–Crippen MR) is 106 cm³/mol. The number of carbonyl (C=O) groups excluding carboxylic acids is 1. The smallest absolute Gasteiger partial charge is 0.273 e. The zero-order valence-corrected chi connectivity index (χ0v) is 16.7. The lowest BCUT2D eigenvalue weighted by Crippen LogP contribution is -2.17. The van der Waals surface area contributed by atoms with Gasteiger partial charge in [0.1, 0.15) is 18.1 Å². The minimum atomic E-state index is -0.527. The van der Waals surface area contributed by atoms with Crippen LogP contribution in [0, 0.1) is 10.1 Å². The van der Waals surface area contributed by atoms with Crippen LogP contribution in [0.5, 0.6) is 11.5 Å². The van der Waals surface area contributed by atoms with Gasteiger partial charge in [-0.1, -0.05) is 0 Å². The molecule has 1 saturated heterocycles. The average molecular weight is 451 g/mol. The fourth-order valence-corrected chi connectivity index (χ4v) is 3.30. The Kier molecular flexibility index (Phi) is 6.48. The largest absolute Gasteiger partial charge is 0.494 e. The molecule has 1 aliphatic rings. The predicted octanol–water partition coefficient (Wildman–Crippen LogP) is 4.18. The molecule has 0 aliphatic carbocycles. The van der Waals surface area contributed by atoms with E-state index in [9.17, 15) is 14.9 Å². The van der Waals surface area contributed by atoms with E-state index < -0.39 is 4.92 Å². The molecule has 2 aromatic rings. The molecule has 0 radical (unpaired) electrons. The van der Waals surface area contributed by atoms with Gasteiger partial charge in [-0.05, 0) is 53.0 Å². The number of anilines is 1. The summed E-state index contributed by atoms with van der Waals surface area (Å²) in [5.74, 6) is 0.455. The van der Waals surface area contributed by atoms with Crippen LogP contribution in [-0.2, 0) is 4.74 Å². The van der Waals surface area contributed by atoms with Crippen LogP contribution in [0.25, 0.3) is 0 Å². The highest BCUT2D eigenvalue weighted by molar-refractivity contribution is 9.10. The number of hydrogen-bond donors (Lipinski definition) is 1. The lowest BCUT2D eigenvalue weighted by molar-refractivity contribution is -0.384. The topological polar surface area (TPSA) is 99.9 Å². The van der Waals surface area contributed by atoms with E-state index in [1.165, 1.54) is 25.3 Å². The number of nitrogens with zero attached hydrogens (tertiary/aromatic N) is 1. The van der Waals surface area contributed by atoms with Gasteiger partial charge in [0.05, 0.1) is 34.4 Å². The molecule has 3 rings (SSSR count). The van der Waals surface area contributed by atoms with Crippen LogP contribution in [-0.4, -0.2) is 37.3 Å². The minimum absolute atomic E-state index is 0.101. The Morgan fingerprint density at radius 3 is 2.79 bits per heavy atom. The monoisotopic (exact) mass is 450 g/mol. The molecule has 148 valence electrons. The highest BCUT2D eigenvalue weighted by Crippen LogP contribution is 2.31. The number of non-ortho nitro benzene ring substituents is 1. The highest BCUT2D eigenvalue weighted by Gasteiger charge is 2.18. The van der Waals surface area contributed by atoms with E-state index in [1.54, 1.807) is 18.2 Å². The van der Waals surface area contributed by atoms with Gasteiger partial charge in [-0.15, -0.1) is 0 Å². The summed E-state index contributed by atoms with van der Waals surface area (Å²) >= 11 is 3.42. The third kappa shape index (κ3) is 4.79. The number of methoxy groups -OCH3 is 1. The van der Waals surface area contributed by atoms with Gasteiger partial charge in [-0.3, -0.25) is 14.9 Å². The number of nitrogens with one attached hydrogen (secondary N) is 1. The van der Waals surface area contributed by atoms with E-state index in [-0.39, 0.29) is 23.4 Å². The molecule has 1 amide bonds.